The Morgan fingerprint density at radius 3 is 2.12 bits per heavy atom. The van der Waals surface area contributed by atoms with E-state index in [1.54, 1.807) is 0 Å². The standard InChI is InChI=1S/C16H19N/c1-3-4-13(2)14-5-7-15(8-6-14)16-9-11-17-12-10-16/h5-13H,3-4H2,1-2H3. The fourth-order valence-electron chi connectivity index (χ4n) is 2.15. The van der Waals surface area contributed by atoms with Gasteiger partial charge in [0.15, 0.2) is 0 Å². The zero-order valence-corrected chi connectivity index (χ0v) is 10.6. The molecular weight excluding hydrogens is 206 g/mol. The van der Waals surface area contributed by atoms with E-state index in [0.717, 1.165) is 0 Å². The molecule has 1 unspecified atom stereocenters. The highest BCUT2D eigenvalue weighted by atomic mass is 14.6. The third-order valence-corrected chi connectivity index (χ3v) is 3.22. The van der Waals surface area contributed by atoms with Crippen LogP contribution in [0.1, 0.15) is 38.2 Å². The van der Waals surface area contributed by atoms with Gasteiger partial charge >= 0.3 is 0 Å². The van der Waals surface area contributed by atoms with Gasteiger partial charge in [-0.25, -0.2) is 0 Å². The highest BCUT2D eigenvalue weighted by Crippen LogP contribution is 2.24. The smallest absolute Gasteiger partial charge is 0.0273 e. The van der Waals surface area contributed by atoms with Crippen LogP contribution < -0.4 is 0 Å². The number of hydrogen-bond donors (Lipinski definition) is 0. The monoisotopic (exact) mass is 225 g/mol. The average molecular weight is 225 g/mol. The second-order valence-corrected chi connectivity index (χ2v) is 4.55. The quantitative estimate of drug-likeness (QED) is 0.738. The lowest BCUT2D eigenvalue weighted by molar-refractivity contribution is 0.665. The predicted octanol–water partition coefficient (Wildman–Crippen LogP) is 4.65. The van der Waals surface area contributed by atoms with E-state index in [0.29, 0.717) is 5.92 Å². The summed E-state index contributed by atoms with van der Waals surface area (Å²) in [5.74, 6) is 0.659. The van der Waals surface area contributed by atoms with Gasteiger partial charge in [0.2, 0.25) is 0 Å². The van der Waals surface area contributed by atoms with Crippen molar-refractivity contribution in [2.45, 2.75) is 32.6 Å². The first-order valence-corrected chi connectivity index (χ1v) is 6.31. The predicted molar refractivity (Wildman–Crippen MR) is 73.0 cm³/mol. The molecule has 1 atom stereocenters. The Bertz CT molecular complexity index is 445. The molecule has 0 bridgehead atoms. The highest BCUT2D eigenvalue weighted by molar-refractivity contribution is 5.62. The van der Waals surface area contributed by atoms with E-state index in [1.807, 2.05) is 24.5 Å². The molecule has 2 aromatic rings. The van der Waals surface area contributed by atoms with Gasteiger partial charge in [-0.2, -0.15) is 0 Å². The Morgan fingerprint density at radius 1 is 0.941 bits per heavy atom. The van der Waals surface area contributed by atoms with Gasteiger partial charge in [0.1, 0.15) is 0 Å². The maximum absolute atomic E-state index is 4.04. The topological polar surface area (TPSA) is 12.9 Å². The van der Waals surface area contributed by atoms with Crippen LogP contribution in [0.25, 0.3) is 11.1 Å². The molecule has 0 saturated heterocycles. The molecule has 88 valence electrons. The van der Waals surface area contributed by atoms with Crippen LogP contribution in [0.3, 0.4) is 0 Å². The van der Waals surface area contributed by atoms with Crippen molar-refractivity contribution in [3.8, 4) is 11.1 Å². The van der Waals surface area contributed by atoms with Crippen LogP contribution in [0.2, 0.25) is 0 Å². The molecule has 1 aromatic heterocycles. The van der Waals surface area contributed by atoms with Crippen molar-refractivity contribution >= 4 is 0 Å². The highest BCUT2D eigenvalue weighted by Gasteiger charge is 2.04. The summed E-state index contributed by atoms with van der Waals surface area (Å²) < 4.78 is 0. The van der Waals surface area contributed by atoms with E-state index in [4.69, 9.17) is 0 Å². The summed E-state index contributed by atoms with van der Waals surface area (Å²) in [6.07, 6.45) is 6.17. The fraction of sp³-hybridized carbons (Fsp3) is 0.312. The average Bonchev–Trinajstić information content (AvgIpc) is 2.40. The third-order valence-electron chi connectivity index (χ3n) is 3.22. The van der Waals surface area contributed by atoms with Crippen molar-refractivity contribution in [2.24, 2.45) is 0 Å². The van der Waals surface area contributed by atoms with E-state index >= 15 is 0 Å². The van der Waals surface area contributed by atoms with Crippen LogP contribution in [0.15, 0.2) is 48.8 Å². The molecule has 2 rings (SSSR count). The second kappa shape index (κ2) is 5.62. The van der Waals surface area contributed by atoms with Gasteiger partial charge in [-0.05, 0) is 41.2 Å². The van der Waals surface area contributed by atoms with Crippen LogP contribution in [0.5, 0.6) is 0 Å². The minimum Gasteiger partial charge on any atom is -0.265 e. The largest absolute Gasteiger partial charge is 0.265 e. The first-order chi connectivity index (χ1) is 8.31. The molecule has 17 heavy (non-hydrogen) atoms. The second-order valence-electron chi connectivity index (χ2n) is 4.55. The van der Waals surface area contributed by atoms with Crippen molar-refractivity contribution in [1.82, 2.24) is 4.98 Å². The zero-order chi connectivity index (χ0) is 12.1. The van der Waals surface area contributed by atoms with Gasteiger partial charge < -0.3 is 0 Å². The summed E-state index contributed by atoms with van der Waals surface area (Å²) in [6.45, 7) is 4.53. The molecule has 0 aliphatic carbocycles. The lowest BCUT2D eigenvalue weighted by atomic mass is 9.95. The number of benzene rings is 1. The molecule has 1 heterocycles. The van der Waals surface area contributed by atoms with Crippen LogP contribution in [-0.4, -0.2) is 4.98 Å². The van der Waals surface area contributed by atoms with Crippen molar-refractivity contribution < 1.29 is 0 Å². The molecule has 1 heteroatoms. The minimum absolute atomic E-state index is 0.659. The molecule has 1 aromatic carbocycles. The summed E-state index contributed by atoms with van der Waals surface area (Å²) in [4.78, 5) is 4.04. The van der Waals surface area contributed by atoms with E-state index in [1.165, 1.54) is 29.5 Å². The molecule has 0 aliphatic rings. The molecule has 0 spiro atoms. The summed E-state index contributed by atoms with van der Waals surface area (Å²) in [5.41, 5.74) is 3.93. The van der Waals surface area contributed by atoms with Gasteiger partial charge in [0, 0.05) is 12.4 Å². The van der Waals surface area contributed by atoms with Gasteiger partial charge in [0.05, 0.1) is 0 Å². The van der Waals surface area contributed by atoms with Crippen molar-refractivity contribution in [3.63, 3.8) is 0 Å². The Hall–Kier alpha value is -1.63. The summed E-state index contributed by atoms with van der Waals surface area (Å²) in [5, 5.41) is 0. The van der Waals surface area contributed by atoms with E-state index in [9.17, 15) is 0 Å². The van der Waals surface area contributed by atoms with Crippen LogP contribution >= 0.6 is 0 Å². The molecule has 0 saturated carbocycles. The van der Waals surface area contributed by atoms with Crippen LogP contribution in [-0.2, 0) is 0 Å². The molecule has 0 N–H and O–H groups in total. The molecule has 1 nitrogen and oxygen atoms in total. The van der Waals surface area contributed by atoms with Crippen molar-refractivity contribution in [3.05, 3.63) is 54.4 Å². The number of aromatic nitrogens is 1. The van der Waals surface area contributed by atoms with Crippen LogP contribution in [0, 0.1) is 0 Å². The van der Waals surface area contributed by atoms with Crippen molar-refractivity contribution in [2.75, 3.05) is 0 Å². The number of rotatable bonds is 4. The van der Waals surface area contributed by atoms with Gasteiger partial charge in [0.25, 0.3) is 0 Å². The Balaban J connectivity index is 2.19. The fourth-order valence-corrected chi connectivity index (χ4v) is 2.15. The minimum atomic E-state index is 0.659. The van der Waals surface area contributed by atoms with Crippen molar-refractivity contribution in [1.29, 1.82) is 0 Å². The summed E-state index contributed by atoms with van der Waals surface area (Å²) >= 11 is 0. The maximum Gasteiger partial charge on any atom is 0.0273 e. The third kappa shape index (κ3) is 2.94. The molecule has 0 fully saturated rings. The lowest BCUT2D eigenvalue weighted by Crippen LogP contribution is -1.92. The summed E-state index contributed by atoms with van der Waals surface area (Å²) in [6, 6.07) is 13.0. The Labute approximate surface area is 104 Å². The number of hydrogen-bond acceptors (Lipinski definition) is 1. The first kappa shape index (κ1) is 11.8. The first-order valence-electron chi connectivity index (χ1n) is 6.31. The van der Waals surface area contributed by atoms with Gasteiger partial charge in [-0.15, -0.1) is 0 Å². The normalized spacial score (nSPS) is 12.4. The zero-order valence-electron chi connectivity index (χ0n) is 10.6. The van der Waals surface area contributed by atoms with Gasteiger partial charge in [-0.3, -0.25) is 4.98 Å². The summed E-state index contributed by atoms with van der Waals surface area (Å²) in [7, 11) is 0. The Morgan fingerprint density at radius 2 is 1.53 bits per heavy atom. The maximum atomic E-state index is 4.04. The van der Waals surface area contributed by atoms with E-state index in [-0.39, 0.29) is 0 Å². The number of pyridine rings is 1. The van der Waals surface area contributed by atoms with Gasteiger partial charge in [-0.1, -0.05) is 44.5 Å². The van der Waals surface area contributed by atoms with Crippen LogP contribution in [0.4, 0.5) is 0 Å². The molecule has 0 aliphatic heterocycles. The Kier molecular flexibility index (Phi) is 3.92. The van der Waals surface area contributed by atoms with E-state index < -0.39 is 0 Å². The lowest BCUT2D eigenvalue weighted by Gasteiger charge is -2.11. The molecule has 0 amide bonds. The molecule has 0 radical (unpaired) electrons. The number of nitrogens with zero attached hydrogens (tertiary/aromatic N) is 1. The SMILES string of the molecule is CCCC(C)c1ccc(-c2ccncc2)cc1. The molecular formula is C16H19N. The van der Waals surface area contributed by atoms with E-state index in [2.05, 4.69) is 43.1 Å².